The highest BCUT2D eigenvalue weighted by atomic mass is 32.1. The van der Waals surface area contributed by atoms with Gasteiger partial charge in [0.2, 0.25) is 17.2 Å². The average molecular weight is 462 g/mol. The topological polar surface area (TPSA) is 106 Å². The zero-order chi connectivity index (χ0) is 23.4. The van der Waals surface area contributed by atoms with E-state index in [4.69, 9.17) is 0 Å². The zero-order valence-corrected chi connectivity index (χ0v) is 19.1. The third kappa shape index (κ3) is 5.32. The summed E-state index contributed by atoms with van der Waals surface area (Å²) in [6, 6.07) is 14.9. The van der Waals surface area contributed by atoms with E-state index in [9.17, 15) is 14.4 Å². The first-order valence-electron chi connectivity index (χ1n) is 10.5. The monoisotopic (exact) mass is 461 g/mol. The Morgan fingerprint density at radius 1 is 1.12 bits per heavy atom. The van der Waals surface area contributed by atoms with Gasteiger partial charge in [0.25, 0.3) is 0 Å². The van der Waals surface area contributed by atoms with Crippen LogP contribution < -0.4 is 16.1 Å². The number of thiazole rings is 1. The third-order valence-electron chi connectivity index (χ3n) is 5.19. The van der Waals surface area contributed by atoms with Crippen molar-refractivity contribution >= 4 is 39.2 Å². The first kappa shape index (κ1) is 22.3. The Kier molecular flexibility index (Phi) is 6.60. The summed E-state index contributed by atoms with van der Waals surface area (Å²) in [5.41, 5.74) is 3.25. The molecule has 8 nitrogen and oxygen atoms in total. The van der Waals surface area contributed by atoms with Crippen molar-refractivity contribution in [1.82, 2.24) is 20.1 Å². The second-order valence-electron chi connectivity index (χ2n) is 7.63. The van der Waals surface area contributed by atoms with Crippen molar-refractivity contribution in [3.05, 3.63) is 75.9 Å². The summed E-state index contributed by atoms with van der Waals surface area (Å²) in [7, 11) is 0. The maximum atomic E-state index is 12.5. The molecule has 0 aliphatic carbocycles. The van der Waals surface area contributed by atoms with Crippen LogP contribution in [0.15, 0.2) is 64.9 Å². The van der Waals surface area contributed by atoms with Crippen LogP contribution in [0.4, 0.5) is 5.13 Å². The molecule has 0 radical (unpaired) electrons. The molecule has 9 heteroatoms. The second-order valence-corrected chi connectivity index (χ2v) is 8.49. The van der Waals surface area contributed by atoms with Crippen LogP contribution in [0.25, 0.3) is 22.2 Å². The predicted molar refractivity (Wildman–Crippen MR) is 129 cm³/mol. The molecule has 168 valence electrons. The molecule has 2 heterocycles. The molecule has 0 aliphatic rings. The lowest BCUT2D eigenvalue weighted by molar-refractivity contribution is -0.119. The molecule has 2 amide bonds. The highest BCUT2D eigenvalue weighted by Gasteiger charge is 2.11. The highest BCUT2D eigenvalue weighted by molar-refractivity contribution is 7.14. The van der Waals surface area contributed by atoms with Gasteiger partial charge in [-0.05, 0) is 24.6 Å². The number of para-hydroxylation sites is 1. The fraction of sp³-hybridized carbons (Fsp3) is 0.208. The average Bonchev–Trinajstić information content (AvgIpc) is 3.27. The number of carbonyl (C=O) groups is 2. The van der Waals surface area contributed by atoms with Gasteiger partial charge >= 0.3 is 0 Å². The lowest BCUT2D eigenvalue weighted by Crippen LogP contribution is -2.23. The number of rotatable bonds is 7. The number of benzene rings is 2. The van der Waals surface area contributed by atoms with E-state index in [0.29, 0.717) is 22.6 Å². The largest absolute Gasteiger partial charge is 0.350 e. The number of fused-ring (bicyclic) bond motifs is 1. The van der Waals surface area contributed by atoms with Gasteiger partial charge in [-0.25, -0.2) is 4.98 Å². The Morgan fingerprint density at radius 2 is 1.88 bits per heavy atom. The molecule has 2 N–H and O–H groups in total. The molecule has 0 saturated carbocycles. The molecular formula is C24H23N5O3S. The summed E-state index contributed by atoms with van der Waals surface area (Å²) < 4.78 is 1.66. The molecule has 2 aromatic heterocycles. The molecule has 0 saturated heterocycles. The molecule has 0 aliphatic heterocycles. The smallest absolute Gasteiger partial charge is 0.228 e. The summed E-state index contributed by atoms with van der Waals surface area (Å²) in [5, 5.41) is 12.8. The van der Waals surface area contributed by atoms with Crippen molar-refractivity contribution in [3.8, 4) is 11.3 Å². The van der Waals surface area contributed by atoms with E-state index in [2.05, 4.69) is 20.7 Å². The van der Waals surface area contributed by atoms with Gasteiger partial charge in [-0.3, -0.25) is 19.1 Å². The highest BCUT2D eigenvalue weighted by Crippen LogP contribution is 2.26. The summed E-state index contributed by atoms with van der Waals surface area (Å²) in [5.74, 6) is -0.254. The summed E-state index contributed by atoms with van der Waals surface area (Å²) >= 11 is 1.35. The predicted octanol–water partition coefficient (Wildman–Crippen LogP) is 3.75. The summed E-state index contributed by atoms with van der Waals surface area (Å²) in [6.07, 6.45) is 1.47. The van der Waals surface area contributed by atoms with Crippen molar-refractivity contribution < 1.29 is 9.59 Å². The van der Waals surface area contributed by atoms with Crippen LogP contribution in [-0.4, -0.2) is 26.6 Å². The molecule has 2 aromatic carbocycles. The van der Waals surface area contributed by atoms with Crippen molar-refractivity contribution in [2.45, 2.75) is 32.9 Å². The van der Waals surface area contributed by atoms with Gasteiger partial charge < -0.3 is 10.6 Å². The normalized spacial score (nSPS) is 11.8. The van der Waals surface area contributed by atoms with Crippen LogP contribution in [0, 0.1) is 0 Å². The molecule has 1 unspecified atom stereocenters. The molecule has 4 rings (SSSR count). The lowest BCUT2D eigenvalue weighted by Gasteiger charge is -2.13. The lowest BCUT2D eigenvalue weighted by atomic mass is 10.1. The van der Waals surface area contributed by atoms with E-state index in [-0.39, 0.29) is 29.7 Å². The van der Waals surface area contributed by atoms with Gasteiger partial charge in [-0.2, -0.15) is 5.10 Å². The van der Waals surface area contributed by atoms with E-state index < -0.39 is 0 Å². The number of amides is 2. The molecule has 0 bridgehead atoms. The standard InChI is InChI=1S/C24H23N5O3S/c1-15(26-16(2)30)17-7-9-18(10-8-17)20-14-33-24(27-20)28-23(32)11-12-29-21-6-4-3-5-19(21)22(31)13-25-29/h3-10,13-15H,11-12H2,1-2H3,(H,26,30)(H,27,28,32). The number of nitrogens with one attached hydrogen (secondary N) is 2. The van der Waals surface area contributed by atoms with Crippen LogP contribution >= 0.6 is 11.3 Å². The van der Waals surface area contributed by atoms with Crippen molar-refractivity contribution in [3.63, 3.8) is 0 Å². The fourth-order valence-electron chi connectivity index (χ4n) is 3.52. The van der Waals surface area contributed by atoms with Gasteiger partial charge in [0.05, 0.1) is 30.0 Å². The Hall–Kier alpha value is -3.85. The Bertz CT molecular complexity index is 1360. The number of hydrogen-bond acceptors (Lipinski definition) is 6. The Labute approximate surface area is 194 Å². The quantitative estimate of drug-likeness (QED) is 0.436. The second kappa shape index (κ2) is 9.74. The van der Waals surface area contributed by atoms with Gasteiger partial charge in [0.1, 0.15) is 0 Å². The molecule has 1 atom stereocenters. The van der Waals surface area contributed by atoms with E-state index in [1.807, 2.05) is 48.7 Å². The number of anilines is 1. The Morgan fingerprint density at radius 3 is 2.64 bits per heavy atom. The van der Waals surface area contributed by atoms with Crippen molar-refractivity contribution in [1.29, 1.82) is 0 Å². The van der Waals surface area contributed by atoms with Crippen molar-refractivity contribution in [2.75, 3.05) is 5.32 Å². The van der Waals surface area contributed by atoms with Crippen molar-refractivity contribution in [2.24, 2.45) is 0 Å². The third-order valence-corrected chi connectivity index (χ3v) is 5.95. The molecule has 0 spiro atoms. The number of nitrogens with zero attached hydrogens (tertiary/aromatic N) is 3. The number of aryl methyl sites for hydroxylation is 1. The van der Waals surface area contributed by atoms with Gasteiger partial charge in [0.15, 0.2) is 5.13 Å². The maximum Gasteiger partial charge on any atom is 0.228 e. The molecule has 0 fully saturated rings. The number of aromatic nitrogens is 3. The van der Waals surface area contributed by atoms with E-state index >= 15 is 0 Å². The molecule has 33 heavy (non-hydrogen) atoms. The van der Waals surface area contributed by atoms with Crippen LogP contribution in [0.5, 0.6) is 0 Å². The van der Waals surface area contributed by atoms with E-state index in [0.717, 1.165) is 16.8 Å². The van der Waals surface area contributed by atoms with Gasteiger partial charge in [0, 0.05) is 29.7 Å². The van der Waals surface area contributed by atoms with Crippen LogP contribution in [0.2, 0.25) is 0 Å². The SMILES string of the molecule is CC(=O)NC(C)c1ccc(-c2csc(NC(=O)CCn3ncc(=O)c4ccccc43)n2)cc1. The van der Waals surface area contributed by atoms with Gasteiger partial charge in [-0.15, -0.1) is 11.3 Å². The minimum atomic E-state index is -0.181. The number of hydrogen-bond donors (Lipinski definition) is 2. The molecular weight excluding hydrogens is 438 g/mol. The summed E-state index contributed by atoms with van der Waals surface area (Å²) in [4.78, 5) is 40.2. The maximum absolute atomic E-state index is 12.5. The van der Waals surface area contributed by atoms with Gasteiger partial charge in [-0.1, -0.05) is 36.4 Å². The minimum absolute atomic E-state index is 0.0729. The molecule has 4 aromatic rings. The fourth-order valence-corrected chi connectivity index (χ4v) is 4.26. The number of carbonyl (C=O) groups excluding carboxylic acids is 2. The van der Waals surface area contributed by atoms with Crippen LogP contribution in [0.1, 0.15) is 31.9 Å². The van der Waals surface area contributed by atoms with E-state index in [1.54, 1.807) is 16.8 Å². The zero-order valence-electron chi connectivity index (χ0n) is 18.2. The summed E-state index contributed by atoms with van der Waals surface area (Å²) in [6.45, 7) is 3.77. The first-order chi connectivity index (χ1) is 15.9. The minimum Gasteiger partial charge on any atom is -0.350 e. The van der Waals surface area contributed by atoms with E-state index in [1.165, 1.54) is 24.5 Å². The van der Waals surface area contributed by atoms with Crippen LogP contribution in [0.3, 0.4) is 0 Å². The Balaban J connectivity index is 1.38. The first-order valence-corrected chi connectivity index (χ1v) is 11.4. The van der Waals surface area contributed by atoms with Crippen LogP contribution in [-0.2, 0) is 16.1 Å².